The Kier molecular flexibility index (Phi) is 4.07. The fourth-order valence-electron chi connectivity index (χ4n) is 3.29. The molecule has 0 saturated carbocycles. The van der Waals surface area contributed by atoms with Gasteiger partial charge in [-0.2, -0.15) is 0 Å². The standard InChI is InChI=1S/C20H21N3O2S/c1-14-5-10-18(12-15(14)2)26(24,25)22-17-8-6-16(7-9-17)19-13-21-20-4-3-11-23(19)20/h5-10,12-13,22H,3-4,11H2,1-2H3. The number of hydrogen-bond acceptors (Lipinski definition) is 3. The molecule has 0 aliphatic carbocycles. The first-order valence-electron chi connectivity index (χ1n) is 8.69. The summed E-state index contributed by atoms with van der Waals surface area (Å²) in [4.78, 5) is 4.74. The zero-order chi connectivity index (χ0) is 18.3. The predicted octanol–water partition coefficient (Wildman–Crippen LogP) is 3.91. The summed E-state index contributed by atoms with van der Waals surface area (Å²) in [7, 11) is -3.60. The minimum atomic E-state index is -3.60. The maximum atomic E-state index is 12.6. The van der Waals surface area contributed by atoms with E-state index < -0.39 is 10.0 Å². The number of nitrogens with zero attached hydrogens (tertiary/aromatic N) is 2. The van der Waals surface area contributed by atoms with Crippen molar-refractivity contribution in [3.8, 4) is 11.3 Å². The molecular formula is C20H21N3O2S. The van der Waals surface area contributed by atoms with Crippen molar-refractivity contribution in [3.05, 3.63) is 65.6 Å². The van der Waals surface area contributed by atoms with Gasteiger partial charge in [-0.3, -0.25) is 4.72 Å². The molecule has 6 heteroatoms. The molecule has 0 amide bonds. The largest absolute Gasteiger partial charge is 0.328 e. The number of sulfonamides is 1. The van der Waals surface area contributed by atoms with Gasteiger partial charge in [0.1, 0.15) is 5.82 Å². The van der Waals surface area contributed by atoms with E-state index in [9.17, 15) is 8.42 Å². The van der Waals surface area contributed by atoms with Crippen LogP contribution in [0.2, 0.25) is 0 Å². The van der Waals surface area contributed by atoms with E-state index in [1.807, 2.05) is 38.2 Å². The summed E-state index contributed by atoms with van der Waals surface area (Å²) in [5, 5.41) is 0. The second-order valence-electron chi connectivity index (χ2n) is 6.74. The fraction of sp³-hybridized carbons (Fsp3) is 0.250. The second-order valence-corrected chi connectivity index (χ2v) is 8.43. The average Bonchev–Trinajstić information content (AvgIpc) is 3.21. The van der Waals surface area contributed by atoms with E-state index in [0.717, 1.165) is 47.6 Å². The molecule has 4 rings (SSSR count). The zero-order valence-corrected chi connectivity index (χ0v) is 15.7. The van der Waals surface area contributed by atoms with Gasteiger partial charge < -0.3 is 4.57 Å². The van der Waals surface area contributed by atoms with Crippen molar-refractivity contribution in [2.75, 3.05) is 4.72 Å². The summed E-state index contributed by atoms with van der Waals surface area (Å²) in [6.45, 7) is 4.87. The molecule has 2 heterocycles. The van der Waals surface area contributed by atoms with Gasteiger partial charge in [-0.15, -0.1) is 0 Å². The first-order valence-corrected chi connectivity index (χ1v) is 10.2. The third-order valence-corrected chi connectivity index (χ3v) is 6.32. The van der Waals surface area contributed by atoms with Crippen molar-refractivity contribution in [1.82, 2.24) is 9.55 Å². The van der Waals surface area contributed by atoms with Gasteiger partial charge >= 0.3 is 0 Å². The quantitative estimate of drug-likeness (QED) is 0.760. The van der Waals surface area contributed by atoms with Crippen LogP contribution in [0.5, 0.6) is 0 Å². The molecule has 1 aromatic heterocycles. The first-order chi connectivity index (χ1) is 12.4. The van der Waals surface area contributed by atoms with Crippen LogP contribution >= 0.6 is 0 Å². The van der Waals surface area contributed by atoms with Crippen molar-refractivity contribution >= 4 is 15.7 Å². The van der Waals surface area contributed by atoms with Gasteiger partial charge in [0, 0.05) is 18.7 Å². The Morgan fingerprint density at radius 3 is 2.54 bits per heavy atom. The van der Waals surface area contributed by atoms with Crippen LogP contribution in [0.15, 0.2) is 53.6 Å². The number of nitrogens with one attached hydrogen (secondary N) is 1. The van der Waals surface area contributed by atoms with Gasteiger partial charge in [0.2, 0.25) is 0 Å². The van der Waals surface area contributed by atoms with Crippen molar-refractivity contribution in [2.24, 2.45) is 0 Å². The number of fused-ring (bicyclic) bond motifs is 1. The molecule has 0 fully saturated rings. The minimum Gasteiger partial charge on any atom is -0.328 e. The van der Waals surface area contributed by atoms with Crippen molar-refractivity contribution in [1.29, 1.82) is 0 Å². The van der Waals surface area contributed by atoms with Crippen LogP contribution < -0.4 is 4.72 Å². The van der Waals surface area contributed by atoms with Gasteiger partial charge in [-0.1, -0.05) is 18.2 Å². The summed E-state index contributed by atoms with van der Waals surface area (Å²) in [6, 6.07) is 12.6. The van der Waals surface area contributed by atoms with E-state index in [0.29, 0.717) is 5.69 Å². The predicted molar refractivity (Wildman–Crippen MR) is 103 cm³/mol. The third-order valence-electron chi connectivity index (χ3n) is 4.94. The number of aromatic nitrogens is 2. The maximum absolute atomic E-state index is 12.6. The molecule has 0 radical (unpaired) electrons. The summed E-state index contributed by atoms with van der Waals surface area (Å²) in [5.41, 5.74) is 4.70. The first kappa shape index (κ1) is 16.8. The highest BCUT2D eigenvalue weighted by Crippen LogP contribution is 2.27. The summed E-state index contributed by atoms with van der Waals surface area (Å²) in [5.74, 6) is 1.12. The summed E-state index contributed by atoms with van der Waals surface area (Å²) >= 11 is 0. The Bertz CT molecular complexity index is 1070. The Hall–Kier alpha value is -2.60. The van der Waals surface area contributed by atoms with E-state index in [2.05, 4.69) is 14.3 Å². The number of benzene rings is 2. The molecule has 134 valence electrons. The van der Waals surface area contributed by atoms with E-state index in [-0.39, 0.29) is 4.90 Å². The Morgan fingerprint density at radius 2 is 1.81 bits per heavy atom. The molecule has 0 unspecified atom stereocenters. The lowest BCUT2D eigenvalue weighted by Gasteiger charge is -2.11. The van der Waals surface area contributed by atoms with Crippen LogP contribution in [-0.4, -0.2) is 18.0 Å². The zero-order valence-electron chi connectivity index (χ0n) is 14.9. The average molecular weight is 367 g/mol. The number of imidazole rings is 1. The van der Waals surface area contributed by atoms with Gasteiger partial charge in [-0.05, 0) is 61.2 Å². The SMILES string of the molecule is Cc1ccc(S(=O)(=O)Nc2ccc(-c3cnc4n3CCC4)cc2)cc1C. The molecule has 1 aliphatic heterocycles. The van der Waals surface area contributed by atoms with Crippen molar-refractivity contribution < 1.29 is 8.42 Å². The molecule has 5 nitrogen and oxygen atoms in total. The van der Waals surface area contributed by atoms with Crippen LogP contribution in [0.3, 0.4) is 0 Å². The number of hydrogen-bond donors (Lipinski definition) is 1. The van der Waals surface area contributed by atoms with Crippen LogP contribution in [0.4, 0.5) is 5.69 Å². The Labute approximate surface area is 153 Å². The van der Waals surface area contributed by atoms with Gasteiger partial charge in [0.25, 0.3) is 10.0 Å². The van der Waals surface area contributed by atoms with Gasteiger partial charge in [0.15, 0.2) is 0 Å². The molecule has 0 saturated heterocycles. The normalized spacial score (nSPS) is 13.6. The van der Waals surface area contributed by atoms with E-state index in [1.54, 1.807) is 24.3 Å². The number of anilines is 1. The summed E-state index contributed by atoms with van der Waals surface area (Å²) < 4.78 is 30.1. The van der Waals surface area contributed by atoms with Gasteiger partial charge in [-0.25, -0.2) is 13.4 Å². The smallest absolute Gasteiger partial charge is 0.261 e. The highest BCUT2D eigenvalue weighted by atomic mass is 32.2. The topological polar surface area (TPSA) is 64.0 Å². The fourth-order valence-corrected chi connectivity index (χ4v) is 4.44. The summed E-state index contributed by atoms with van der Waals surface area (Å²) in [6.07, 6.45) is 4.04. The van der Waals surface area contributed by atoms with Crippen molar-refractivity contribution in [3.63, 3.8) is 0 Å². The van der Waals surface area contributed by atoms with Gasteiger partial charge in [0.05, 0.1) is 16.8 Å². The molecule has 0 atom stereocenters. The highest BCUT2D eigenvalue weighted by molar-refractivity contribution is 7.92. The van der Waals surface area contributed by atoms with E-state index >= 15 is 0 Å². The monoisotopic (exact) mass is 367 g/mol. The third kappa shape index (κ3) is 3.01. The van der Waals surface area contributed by atoms with Crippen LogP contribution in [0.1, 0.15) is 23.4 Å². The number of rotatable bonds is 4. The lowest BCUT2D eigenvalue weighted by atomic mass is 10.1. The molecular weight excluding hydrogens is 346 g/mol. The van der Waals surface area contributed by atoms with Crippen LogP contribution in [-0.2, 0) is 23.0 Å². The molecule has 1 aliphatic rings. The Balaban J connectivity index is 1.58. The Morgan fingerprint density at radius 1 is 1.04 bits per heavy atom. The van der Waals surface area contributed by atoms with E-state index in [1.165, 1.54) is 0 Å². The number of aryl methyl sites for hydroxylation is 3. The van der Waals surface area contributed by atoms with Crippen LogP contribution in [0, 0.1) is 13.8 Å². The molecule has 2 aromatic carbocycles. The van der Waals surface area contributed by atoms with Crippen molar-refractivity contribution in [2.45, 2.75) is 38.1 Å². The molecule has 1 N–H and O–H groups in total. The van der Waals surface area contributed by atoms with E-state index in [4.69, 9.17) is 0 Å². The molecule has 0 spiro atoms. The second kappa shape index (κ2) is 6.29. The molecule has 0 bridgehead atoms. The lowest BCUT2D eigenvalue weighted by molar-refractivity contribution is 0.601. The molecule has 3 aromatic rings. The maximum Gasteiger partial charge on any atom is 0.261 e. The van der Waals surface area contributed by atoms with Crippen LogP contribution in [0.25, 0.3) is 11.3 Å². The minimum absolute atomic E-state index is 0.276. The molecule has 26 heavy (non-hydrogen) atoms. The lowest BCUT2D eigenvalue weighted by Crippen LogP contribution is -2.13. The highest BCUT2D eigenvalue weighted by Gasteiger charge is 2.17.